The van der Waals surface area contributed by atoms with E-state index in [-0.39, 0.29) is 5.82 Å². The predicted molar refractivity (Wildman–Crippen MR) is 48.3 cm³/mol. The van der Waals surface area contributed by atoms with Gasteiger partial charge in [0.1, 0.15) is 5.82 Å². The van der Waals surface area contributed by atoms with Crippen LogP contribution in [-0.4, -0.2) is 18.7 Å². The Bertz CT molecular complexity index is 334. The molecule has 0 unspecified atom stereocenters. The molecule has 1 aromatic rings. The van der Waals surface area contributed by atoms with E-state index < -0.39 is 7.12 Å². The van der Waals surface area contributed by atoms with Gasteiger partial charge in [-0.05, 0) is 23.2 Å². The minimum absolute atomic E-state index is 0.280. The molecule has 66 valence electrons. The Labute approximate surface area is 75.8 Å². The number of hydrogen-bond acceptors (Lipinski definition) is 2. The fourth-order valence-corrected chi connectivity index (χ4v) is 1.32. The zero-order chi connectivity index (χ0) is 9.26. The van der Waals surface area contributed by atoms with Crippen LogP contribution in [0.25, 0.3) is 5.47 Å². The van der Waals surface area contributed by atoms with E-state index in [1.165, 1.54) is 12.1 Å². The summed E-state index contributed by atoms with van der Waals surface area (Å²) in [6.07, 6.45) is 1.79. The van der Waals surface area contributed by atoms with Gasteiger partial charge in [-0.3, -0.25) is 0 Å². The second-order valence-corrected chi connectivity index (χ2v) is 2.85. The fraction of sp³-hybridized carbons (Fsp3) is 0.111. The monoisotopic (exact) mass is 178 g/mol. The van der Waals surface area contributed by atoms with Crippen LogP contribution in [0, 0.1) is 5.82 Å². The van der Waals surface area contributed by atoms with Crippen molar-refractivity contribution in [1.82, 2.24) is 0 Å². The SMILES string of the molecule is OB1OCC=C1c1ccc(F)cc1. The van der Waals surface area contributed by atoms with E-state index in [4.69, 9.17) is 4.65 Å². The molecule has 0 fully saturated rings. The lowest BCUT2D eigenvalue weighted by molar-refractivity contribution is 0.316. The molecule has 1 heterocycles. The Balaban J connectivity index is 2.30. The Morgan fingerprint density at radius 1 is 1.31 bits per heavy atom. The van der Waals surface area contributed by atoms with Crippen molar-refractivity contribution in [3.8, 4) is 0 Å². The van der Waals surface area contributed by atoms with Crippen molar-refractivity contribution in [2.75, 3.05) is 6.61 Å². The highest BCUT2D eigenvalue weighted by Crippen LogP contribution is 2.21. The number of hydrogen-bond donors (Lipinski definition) is 1. The molecule has 1 aliphatic rings. The first-order valence-corrected chi connectivity index (χ1v) is 4.03. The first-order valence-electron chi connectivity index (χ1n) is 4.03. The van der Waals surface area contributed by atoms with E-state index in [9.17, 15) is 9.41 Å². The van der Waals surface area contributed by atoms with Crippen LogP contribution >= 0.6 is 0 Å². The molecule has 2 nitrogen and oxygen atoms in total. The molecule has 0 spiro atoms. The van der Waals surface area contributed by atoms with Gasteiger partial charge in [0.2, 0.25) is 0 Å². The smallest absolute Gasteiger partial charge is 0.423 e. The minimum Gasteiger partial charge on any atom is -0.423 e. The van der Waals surface area contributed by atoms with E-state index in [1.54, 1.807) is 18.2 Å². The van der Waals surface area contributed by atoms with Gasteiger partial charge in [0.25, 0.3) is 0 Å². The summed E-state index contributed by atoms with van der Waals surface area (Å²) in [5, 5.41) is 9.33. The van der Waals surface area contributed by atoms with Crippen LogP contribution in [0.15, 0.2) is 30.3 Å². The summed E-state index contributed by atoms with van der Waals surface area (Å²) in [5.41, 5.74) is 1.51. The molecular weight excluding hydrogens is 170 g/mol. The van der Waals surface area contributed by atoms with Crippen molar-refractivity contribution in [1.29, 1.82) is 0 Å². The van der Waals surface area contributed by atoms with E-state index in [1.807, 2.05) is 0 Å². The molecular formula is C9H8BFO2. The lowest BCUT2D eigenvalue weighted by Gasteiger charge is -2.02. The fourth-order valence-electron chi connectivity index (χ4n) is 1.32. The van der Waals surface area contributed by atoms with E-state index in [2.05, 4.69) is 0 Å². The van der Waals surface area contributed by atoms with Crippen molar-refractivity contribution in [2.45, 2.75) is 0 Å². The van der Waals surface area contributed by atoms with Crippen molar-refractivity contribution >= 4 is 12.6 Å². The van der Waals surface area contributed by atoms with Crippen molar-refractivity contribution in [3.05, 3.63) is 41.7 Å². The third-order valence-corrected chi connectivity index (χ3v) is 2.00. The largest absolute Gasteiger partial charge is 0.491 e. The normalized spacial score (nSPS) is 16.2. The summed E-state index contributed by atoms with van der Waals surface area (Å²) >= 11 is 0. The van der Waals surface area contributed by atoms with Crippen LogP contribution in [0.5, 0.6) is 0 Å². The zero-order valence-electron chi connectivity index (χ0n) is 6.90. The first kappa shape index (κ1) is 8.47. The van der Waals surface area contributed by atoms with E-state index in [0.717, 1.165) is 5.56 Å². The lowest BCUT2D eigenvalue weighted by atomic mass is 9.76. The minimum atomic E-state index is -0.870. The van der Waals surface area contributed by atoms with Gasteiger partial charge in [0.15, 0.2) is 0 Å². The summed E-state index contributed by atoms with van der Waals surface area (Å²) in [7, 11) is -0.870. The third-order valence-electron chi connectivity index (χ3n) is 2.00. The van der Waals surface area contributed by atoms with Gasteiger partial charge in [-0.2, -0.15) is 0 Å². The molecule has 1 N–H and O–H groups in total. The van der Waals surface area contributed by atoms with Crippen LogP contribution in [0.3, 0.4) is 0 Å². The molecule has 1 aromatic carbocycles. The Morgan fingerprint density at radius 2 is 2.00 bits per heavy atom. The molecule has 0 atom stereocenters. The highest BCUT2D eigenvalue weighted by molar-refractivity contribution is 6.67. The Morgan fingerprint density at radius 3 is 2.54 bits per heavy atom. The van der Waals surface area contributed by atoms with Crippen LogP contribution in [0.1, 0.15) is 5.56 Å². The Kier molecular flexibility index (Phi) is 2.16. The molecule has 0 saturated heterocycles. The molecule has 4 heteroatoms. The van der Waals surface area contributed by atoms with Gasteiger partial charge >= 0.3 is 7.12 Å². The topological polar surface area (TPSA) is 29.5 Å². The van der Waals surface area contributed by atoms with E-state index in [0.29, 0.717) is 12.1 Å². The van der Waals surface area contributed by atoms with E-state index >= 15 is 0 Å². The molecule has 0 bridgehead atoms. The maximum Gasteiger partial charge on any atom is 0.491 e. The molecule has 0 radical (unpaired) electrons. The van der Waals surface area contributed by atoms with Crippen LogP contribution in [-0.2, 0) is 4.65 Å². The van der Waals surface area contributed by atoms with Crippen molar-refractivity contribution in [2.24, 2.45) is 0 Å². The van der Waals surface area contributed by atoms with Gasteiger partial charge in [0.05, 0.1) is 6.61 Å². The van der Waals surface area contributed by atoms with Gasteiger partial charge in [-0.1, -0.05) is 18.2 Å². The van der Waals surface area contributed by atoms with Crippen LogP contribution in [0.4, 0.5) is 4.39 Å². The molecule has 13 heavy (non-hydrogen) atoms. The van der Waals surface area contributed by atoms with Crippen molar-refractivity contribution in [3.63, 3.8) is 0 Å². The maximum absolute atomic E-state index is 12.6. The number of benzene rings is 1. The third kappa shape index (κ3) is 1.64. The number of rotatable bonds is 1. The predicted octanol–water partition coefficient (Wildman–Crippen LogP) is 1.26. The van der Waals surface area contributed by atoms with Crippen LogP contribution < -0.4 is 0 Å². The quantitative estimate of drug-likeness (QED) is 0.655. The lowest BCUT2D eigenvalue weighted by Crippen LogP contribution is -2.14. The first-order chi connectivity index (χ1) is 6.27. The molecule has 0 aromatic heterocycles. The second-order valence-electron chi connectivity index (χ2n) is 2.85. The highest BCUT2D eigenvalue weighted by Gasteiger charge is 2.25. The van der Waals surface area contributed by atoms with Gasteiger partial charge < -0.3 is 9.68 Å². The molecule has 0 aliphatic carbocycles. The number of halogens is 1. The summed E-state index contributed by atoms with van der Waals surface area (Å²) in [5.74, 6) is -0.280. The molecule has 1 aliphatic heterocycles. The Hall–Kier alpha value is -1.13. The summed E-state index contributed by atoms with van der Waals surface area (Å²) in [4.78, 5) is 0. The maximum atomic E-state index is 12.6. The average molecular weight is 178 g/mol. The summed E-state index contributed by atoms with van der Waals surface area (Å²) in [6, 6.07) is 5.97. The summed E-state index contributed by atoms with van der Waals surface area (Å²) < 4.78 is 17.5. The van der Waals surface area contributed by atoms with Gasteiger partial charge in [-0.25, -0.2) is 4.39 Å². The average Bonchev–Trinajstić information content (AvgIpc) is 2.53. The van der Waals surface area contributed by atoms with Gasteiger partial charge in [0, 0.05) is 0 Å². The zero-order valence-corrected chi connectivity index (χ0v) is 6.90. The molecule has 0 saturated carbocycles. The second kappa shape index (κ2) is 3.32. The summed E-state index contributed by atoms with van der Waals surface area (Å²) in [6.45, 7) is 0.411. The standard InChI is InChI=1S/C9H8BFO2/c11-8-3-1-7(2-4-8)9-5-6-13-10(9)12/h1-5,12H,6H2. The molecule has 0 amide bonds. The van der Waals surface area contributed by atoms with Crippen LogP contribution in [0.2, 0.25) is 0 Å². The highest BCUT2D eigenvalue weighted by atomic mass is 19.1. The van der Waals surface area contributed by atoms with Crippen molar-refractivity contribution < 1.29 is 14.1 Å². The molecule has 2 rings (SSSR count). The van der Waals surface area contributed by atoms with Gasteiger partial charge in [-0.15, -0.1) is 0 Å².